The molecule has 1 unspecified atom stereocenters. The largest absolute Gasteiger partial charge is 0.381 e. The molecule has 1 heterocycles. The third kappa shape index (κ3) is 8.47. The quantitative estimate of drug-likeness (QED) is 0.347. The van der Waals surface area contributed by atoms with Crippen LogP contribution in [0.4, 0.5) is 0 Å². The molecule has 1 saturated heterocycles. The molecule has 27 heavy (non-hydrogen) atoms. The van der Waals surface area contributed by atoms with Crippen LogP contribution in [0.1, 0.15) is 18.9 Å². The third-order valence-electron chi connectivity index (χ3n) is 4.55. The lowest BCUT2D eigenvalue weighted by molar-refractivity contribution is -0.127. The Balaban J connectivity index is 0.00000364. The molecule has 1 aromatic carbocycles. The van der Waals surface area contributed by atoms with Gasteiger partial charge in [0.15, 0.2) is 5.96 Å². The number of halogens is 1. The first-order valence-electron chi connectivity index (χ1n) is 9.45. The van der Waals surface area contributed by atoms with E-state index in [4.69, 9.17) is 4.74 Å². The molecule has 1 fully saturated rings. The summed E-state index contributed by atoms with van der Waals surface area (Å²) < 4.78 is 5.57. The van der Waals surface area contributed by atoms with Crippen molar-refractivity contribution < 1.29 is 9.53 Å². The number of benzene rings is 1. The molecule has 1 amide bonds. The highest BCUT2D eigenvalue weighted by molar-refractivity contribution is 14.0. The zero-order valence-corrected chi connectivity index (χ0v) is 19.0. The van der Waals surface area contributed by atoms with Gasteiger partial charge >= 0.3 is 0 Å². The molecule has 1 aliphatic heterocycles. The van der Waals surface area contributed by atoms with Gasteiger partial charge in [-0.05, 0) is 25.3 Å². The van der Waals surface area contributed by atoms with Crippen molar-refractivity contribution in [1.82, 2.24) is 15.1 Å². The van der Waals surface area contributed by atoms with E-state index in [2.05, 4.69) is 39.5 Å². The van der Waals surface area contributed by atoms with Crippen molar-refractivity contribution in [2.75, 3.05) is 53.5 Å². The smallest absolute Gasteiger partial charge is 0.243 e. The summed E-state index contributed by atoms with van der Waals surface area (Å²) in [6, 6.07) is 10.4. The Morgan fingerprint density at radius 1 is 1.33 bits per heavy atom. The van der Waals surface area contributed by atoms with E-state index in [0.717, 1.165) is 51.6 Å². The van der Waals surface area contributed by atoms with Gasteiger partial charge in [0.1, 0.15) is 6.54 Å². The summed E-state index contributed by atoms with van der Waals surface area (Å²) in [6.07, 6.45) is 2.03. The maximum Gasteiger partial charge on any atom is 0.243 e. The van der Waals surface area contributed by atoms with Crippen LogP contribution in [0.5, 0.6) is 0 Å². The minimum absolute atomic E-state index is 0. The second-order valence-corrected chi connectivity index (χ2v) is 6.85. The van der Waals surface area contributed by atoms with Crippen molar-refractivity contribution in [1.29, 1.82) is 0 Å². The van der Waals surface area contributed by atoms with Crippen molar-refractivity contribution in [3.8, 4) is 0 Å². The lowest BCUT2D eigenvalue weighted by Gasteiger charge is -2.22. The first kappa shape index (κ1) is 23.7. The molecule has 1 N–H and O–H groups in total. The highest BCUT2D eigenvalue weighted by Crippen LogP contribution is 2.16. The van der Waals surface area contributed by atoms with Gasteiger partial charge in [0.05, 0.1) is 6.61 Å². The second kappa shape index (κ2) is 12.9. The monoisotopic (exact) mass is 488 g/mol. The van der Waals surface area contributed by atoms with Gasteiger partial charge in [-0.2, -0.15) is 0 Å². The van der Waals surface area contributed by atoms with Crippen LogP contribution in [0.2, 0.25) is 0 Å². The molecule has 1 aromatic rings. The van der Waals surface area contributed by atoms with Crippen LogP contribution in [0, 0.1) is 5.92 Å². The van der Waals surface area contributed by atoms with Gasteiger partial charge in [-0.25, -0.2) is 4.99 Å². The zero-order chi connectivity index (χ0) is 18.8. The zero-order valence-electron chi connectivity index (χ0n) is 16.7. The van der Waals surface area contributed by atoms with Gasteiger partial charge in [-0.1, -0.05) is 30.3 Å². The molecule has 7 heteroatoms. The Hall–Kier alpha value is -1.35. The van der Waals surface area contributed by atoms with Crippen LogP contribution in [-0.4, -0.2) is 75.2 Å². The number of rotatable bonds is 8. The van der Waals surface area contributed by atoms with E-state index in [0.29, 0.717) is 5.92 Å². The maximum absolute atomic E-state index is 11.9. The molecule has 1 aliphatic rings. The number of amides is 1. The Kier molecular flexibility index (Phi) is 11.3. The number of ether oxygens (including phenoxy) is 1. The molecule has 1 atom stereocenters. The van der Waals surface area contributed by atoms with Gasteiger partial charge in [0.2, 0.25) is 5.91 Å². The first-order chi connectivity index (χ1) is 12.6. The number of hydrogen-bond donors (Lipinski definition) is 1. The summed E-state index contributed by atoms with van der Waals surface area (Å²) in [6.45, 7) is 6.42. The average molecular weight is 488 g/mol. The Bertz CT molecular complexity index is 581. The van der Waals surface area contributed by atoms with Gasteiger partial charge in [-0.15, -0.1) is 24.0 Å². The molecule has 0 aliphatic carbocycles. The predicted octanol–water partition coefficient (Wildman–Crippen LogP) is 2.24. The number of likely N-dealkylation sites (tertiary alicyclic amines) is 1. The Morgan fingerprint density at radius 2 is 2.07 bits per heavy atom. The summed E-state index contributed by atoms with van der Waals surface area (Å²) >= 11 is 0. The molecule has 0 aromatic heterocycles. The van der Waals surface area contributed by atoms with Gasteiger partial charge in [-0.3, -0.25) is 4.79 Å². The van der Waals surface area contributed by atoms with Crippen molar-refractivity contribution >= 4 is 35.8 Å². The molecule has 2 rings (SSSR count). The summed E-state index contributed by atoms with van der Waals surface area (Å²) in [7, 11) is 3.52. The van der Waals surface area contributed by atoms with Crippen molar-refractivity contribution in [2.45, 2.75) is 19.8 Å². The van der Waals surface area contributed by atoms with E-state index < -0.39 is 0 Å². The van der Waals surface area contributed by atoms with E-state index in [1.54, 1.807) is 19.0 Å². The topological polar surface area (TPSA) is 57.2 Å². The van der Waals surface area contributed by atoms with Gasteiger partial charge in [0, 0.05) is 46.3 Å². The molecule has 152 valence electrons. The van der Waals surface area contributed by atoms with E-state index in [9.17, 15) is 4.79 Å². The second-order valence-electron chi connectivity index (χ2n) is 6.85. The highest BCUT2D eigenvalue weighted by Gasteiger charge is 2.25. The third-order valence-corrected chi connectivity index (χ3v) is 4.55. The fourth-order valence-corrected chi connectivity index (χ4v) is 2.96. The number of guanidine groups is 1. The molecule has 0 saturated carbocycles. The predicted molar refractivity (Wildman–Crippen MR) is 121 cm³/mol. The van der Waals surface area contributed by atoms with Crippen LogP contribution in [-0.2, 0) is 16.0 Å². The fourth-order valence-electron chi connectivity index (χ4n) is 2.96. The molecule has 0 spiro atoms. The number of hydrogen-bond acceptors (Lipinski definition) is 3. The minimum atomic E-state index is 0. The SMILES string of the molecule is CCOCC1CCN(C(=NCC(=O)N(C)C)NCCc2ccccc2)C1.I. The minimum Gasteiger partial charge on any atom is -0.381 e. The summed E-state index contributed by atoms with van der Waals surface area (Å²) in [5.74, 6) is 1.37. The highest BCUT2D eigenvalue weighted by atomic mass is 127. The summed E-state index contributed by atoms with van der Waals surface area (Å²) in [4.78, 5) is 20.3. The Labute approximate surface area is 180 Å². The standard InChI is InChI=1S/C20H32N4O2.HI/c1-4-26-16-18-11-13-24(15-18)20(22-14-19(25)23(2)3)21-12-10-17-8-6-5-7-9-17;/h5-9,18H,4,10-16H2,1-3H3,(H,21,22);1H. The van der Waals surface area contributed by atoms with Gasteiger partial charge < -0.3 is 19.9 Å². The number of aliphatic imine (C=N–C) groups is 1. The van der Waals surface area contributed by atoms with Gasteiger partial charge in [0.25, 0.3) is 0 Å². The summed E-state index contributed by atoms with van der Waals surface area (Å²) in [5.41, 5.74) is 1.29. The van der Waals surface area contributed by atoms with Crippen LogP contribution < -0.4 is 5.32 Å². The lowest BCUT2D eigenvalue weighted by atomic mass is 10.1. The number of nitrogens with one attached hydrogen (secondary N) is 1. The van der Waals surface area contributed by atoms with Crippen LogP contribution in [0.15, 0.2) is 35.3 Å². The fraction of sp³-hybridized carbons (Fsp3) is 0.600. The molecule has 0 radical (unpaired) electrons. The maximum atomic E-state index is 11.9. The summed E-state index contributed by atoms with van der Waals surface area (Å²) in [5, 5.41) is 3.45. The van der Waals surface area contributed by atoms with Crippen LogP contribution in [0.25, 0.3) is 0 Å². The van der Waals surface area contributed by atoms with Crippen molar-refractivity contribution in [3.05, 3.63) is 35.9 Å². The van der Waals surface area contributed by atoms with E-state index >= 15 is 0 Å². The molecule has 0 bridgehead atoms. The molecule has 6 nitrogen and oxygen atoms in total. The van der Waals surface area contributed by atoms with Crippen molar-refractivity contribution in [3.63, 3.8) is 0 Å². The van der Waals surface area contributed by atoms with E-state index in [-0.39, 0.29) is 36.4 Å². The van der Waals surface area contributed by atoms with Crippen molar-refractivity contribution in [2.24, 2.45) is 10.9 Å². The lowest BCUT2D eigenvalue weighted by Crippen LogP contribution is -2.42. The van der Waals surface area contributed by atoms with Crippen LogP contribution in [0.3, 0.4) is 0 Å². The Morgan fingerprint density at radius 3 is 2.74 bits per heavy atom. The van der Waals surface area contributed by atoms with Crippen LogP contribution >= 0.6 is 24.0 Å². The average Bonchev–Trinajstić information content (AvgIpc) is 3.12. The molecular formula is C20H33IN4O2. The van der Waals surface area contributed by atoms with E-state index in [1.807, 2.05) is 13.0 Å². The number of nitrogens with zero attached hydrogens (tertiary/aromatic N) is 3. The van der Waals surface area contributed by atoms with E-state index in [1.165, 1.54) is 5.56 Å². The number of carbonyl (C=O) groups is 1. The first-order valence-corrected chi connectivity index (χ1v) is 9.45. The normalized spacial score (nSPS) is 16.8. The number of likely N-dealkylation sites (N-methyl/N-ethyl adjacent to an activating group) is 1. The molecular weight excluding hydrogens is 455 g/mol. The number of carbonyl (C=O) groups excluding carboxylic acids is 1.